The highest BCUT2D eigenvalue weighted by Gasteiger charge is 2.18. The van der Waals surface area contributed by atoms with Crippen LogP contribution in [0.3, 0.4) is 0 Å². The van der Waals surface area contributed by atoms with Crippen molar-refractivity contribution in [1.29, 1.82) is 0 Å². The second kappa shape index (κ2) is 5.66. The fourth-order valence-corrected chi connectivity index (χ4v) is 1.69. The van der Waals surface area contributed by atoms with Crippen molar-refractivity contribution in [2.45, 2.75) is 0 Å². The lowest BCUT2D eigenvalue weighted by Gasteiger charge is -2.14. The fourth-order valence-electron chi connectivity index (χ4n) is 1.39. The molecule has 0 saturated heterocycles. The summed E-state index contributed by atoms with van der Waals surface area (Å²) in [5.41, 5.74) is 5.65. The normalized spacial score (nSPS) is 10.2. The summed E-state index contributed by atoms with van der Waals surface area (Å²) in [4.78, 5) is 29.4. The number of carbonyl (C=O) groups is 1. The van der Waals surface area contributed by atoms with Crippen molar-refractivity contribution in [2.75, 3.05) is 30.0 Å². The van der Waals surface area contributed by atoms with Crippen molar-refractivity contribution in [3.8, 4) is 0 Å². The molecule has 2 heterocycles. The number of nitrogens with zero attached hydrogens (tertiary/aromatic N) is 5. The van der Waals surface area contributed by atoms with Crippen LogP contribution in [0.4, 0.5) is 17.6 Å². The van der Waals surface area contributed by atoms with Crippen molar-refractivity contribution < 1.29 is 4.79 Å². The molecule has 0 aromatic carbocycles. The van der Waals surface area contributed by atoms with Gasteiger partial charge in [-0.15, -0.1) is 0 Å². The van der Waals surface area contributed by atoms with Crippen LogP contribution in [0.25, 0.3) is 0 Å². The molecule has 3 N–H and O–H groups in total. The molecule has 20 heavy (non-hydrogen) atoms. The van der Waals surface area contributed by atoms with Crippen molar-refractivity contribution >= 4 is 35.1 Å². The van der Waals surface area contributed by atoms with Gasteiger partial charge in [-0.3, -0.25) is 10.1 Å². The molecule has 0 aliphatic heterocycles. The van der Waals surface area contributed by atoms with Gasteiger partial charge in [-0.1, -0.05) is 11.6 Å². The average Bonchev–Trinajstić information content (AvgIpc) is 2.41. The highest BCUT2D eigenvalue weighted by molar-refractivity contribution is 6.32. The third kappa shape index (κ3) is 2.91. The van der Waals surface area contributed by atoms with E-state index in [1.165, 1.54) is 12.4 Å². The van der Waals surface area contributed by atoms with Crippen LogP contribution in [0.2, 0.25) is 5.15 Å². The summed E-state index contributed by atoms with van der Waals surface area (Å²) in [6.07, 6.45) is 3.00. The number of nitrogens with one attached hydrogen (secondary N) is 1. The molecule has 1 amide bonds. The number of halogens is 1. The van der Waals surface area contributed by atoms with Crippen molar-refractivity contribution in [3.63, 3.8) is 0 Å². The molecule has 2 aromatic rings. The van der Waals surface area contributed by atoms with Crippen LogP contribution in [-0.2, 0) is 0 Å². The molecule has 0 saturated carbocycles. The maximum atomic E-state index is 12.0. The highest BCUT2D eigenvalue weighted by Crippen LogP contribution is 2.22. The fraction of sp³-hybridized carbons (Fsp3) is 0.182. The molecular weight excluding hydrogens is 282 g/mol. The number of rotatable bonds is 3. The van der Waals surface area contributed by atoms with E-state index in [9.17, 15) is 4.79 Å². The van der Waals surface area contributed by atoms with E-state index in [0.29, 0.717) is 5.82 Å². The Kier molecular flexibility index (Phi) is 3.94. The van der Waals surface area contributed by atoms with E-state index < -0.39 is 5.91 Å². The first kappa shape index (κ1) is 13.9. The lowest BCUT2D eigenvalue weighted by atomic mass is 10.3. The second-order valence-corrected chi connectivity index (χ2v) is 4.35. The van der Waals surface area contributed by atoms with Gasteiger partial charge in [0, 0.05) is 26.5 Å². The number of amides is 1. The summed E-state index contributed by atoms with van der Waals surface area (Å²) in [6.45, 7) is 0. The van der Waals surface area contributed by atoms with Gasteiger partial charge in [-0.2, -0.15) is 0 Å². The van der Waals surface area contributed by atoms with Crippen LogP contribution in [0.5, 0.6) is 0 Å². The van der Waals surface area contributed by atoms with Gasteiger partial charge in [0.1, 0.15) is 0 Å². The molecule has 104 valence electrons. The minimum absolute atomic E-state index is 0.0217. The zero-order chi connectivity index (χ0) is 14.7. The van der Waals surface area contributed by atoms with E-state index in [4.69, 9.17) is 17.3 Å². The molecule has 2 rings (SSSR count). The third-order valence-electron chi connectivity index (χ3n) is 2.29. The molecule has 0 fully saturated rings. The van der Waals surface area contributed by atoms with E-state index in [2.05, 4.69) is 25.3 Å². The summed E-state index contributed by atoms with van der Waals surface area (Å²) in [5.74, 6) is -0.0666. The third-order valence-corrected chi connectivity index (χ3v) is 2.55. The van der Waals surface area contributed by atoms with Crippen LogP contribution in [0.1, 0.15) is 10.5 Å². The summed E-state index contributed by atoms with van der Waals surface area (Å²) in [7, 11) is 3.49. The van der Waals surface area contributed by atoms with E-state index in [1.54, 1.807) is 25.1 Å². The second-order valence-electron chi connectivity index (χ2n) is 3.99. The molecule has 8 nitrogen and oxygen atoms in total. The zero-order valence-corrected chi connectivity index (χ0v) is 11.6. The Bertz CT molecular complexity index is 632. The first-order valence-electron chi connectivity index (χ1n) is 5.57. The molecule has 9 heteroatoms. The van der Waals surface area contributed by atoms with Crippen LogP contribution >= 0.6 is 11.6 Å². The van der Waals surface area contributed by atoms with E-state index >= 15 is 0 Å². The van der Waals surface area contributed by atoms with Crippen LogP contribution in [0.15, 0.2) is 18.5 Å². The van der Waals surface area contributed by atoms with Gasteiger partial charge in [0.05, 0.1) is 0 Å². The van der Waals surface area contributed by atoms with Crippen LogP contribution in [-0.4, -0.2) is 39.9 Å². The molecule has 0 aliphatic carbocycles. The Labute approximate surface area is 120 Å². The lowest BCUT2D eigenvalue weighted by molar-refractivity contribution is 0.102. The largest absolute Gasteiger partial charge is 0.382 e. The lowest BCUT2D eigenvalue weighted by Crippen LogP contribution is -2.20. The standard InChI is InChI=1S/C11H12ClN7O/c1-19(2)9-7(12)16-6(8(13)17-9)10(20)18-11-14-4-3-5-15-11/h3-5H,1-2H3,(H2,13,17)(H,14,15,18,20). The predicted molar refractivity (Wildman–Crippen MR) is 75.8 cm³/mol. The maximum absolute atomic E-state index is 12.0. The van der Waals surface area contributed by atoms with Crippen LogP contribution < -0.4 is 16.0 Å². The molecule has 2 aromatic heterocycles. The molecule has 0 atom stereocenters. The van der Waals surface area contributed by atoms with E-state index in [0.717, 1.165) is 0 Å². The van der Waals surface area contributed by atoms with Gasteiger partial charge in [0.2, 0.25) is 5.95 Å². The number of carbonyl (C=O) groups excluding carboxylic acids is 1. The quantitative estimate of drug-likeness (QED) is 0.862. The summed E-state index contributed by atoms with van der Waals surface area (Å²) >= 11 is 5.96. The van der Waals surface area contributed by atoms with Crippen LogP contribution in [0, 0.1) is 0 Å². The first-order valence-corrected chi connectivity index (χ1v) is 5.95. The van der Waals surface area contributed by atoms with Gasteiger partial charge in [-0.05, 0) is 6.07 Å². The molecule has 0 aliphatic rings. The molecule has 0 unspecified atom stereocenters. The minimum Gasteiger partial charge on any atom is -0.382 e. The topological polar surface area (TPSA) is 110 Å². The average molecular weight is 294 g/mol. The molecule has 0 radical (unpaired) electrons. The number of hydrogen-bond acceptors (Lipinski definition) is 7. The van der Waals surface area contributed by atoms with E-state index in [-0.39, 0.29) is 22.6 Å². The van der Waals surface area contributed by atoms with Gasteiger partial charge in [0.25, 0.3) is 5.91 Å². The zero-order valence-electron chi connectivity index (χ0n) is 10.8. The smallest absolute Gasteiger partial charge is 0.280 e. The number of aromatic nitrogens is 4. The summed E-state index contributed by atoms with van der Waals surface area (Å²) in [6, 6.07) is 1.63. The summed E-state index contributed by atoms with van der Waals surface area (Å²) < 4.78 is 0. The van der Waals surface area contributed by atoms with E-state index in [1.807, 2.05) is 0 Å². The Hall–Kier alpha value is -2.48. The maximum Gasteiger partial charge on any atom is 0.280 e. The molecule has 0 spiro atoms. The monoisotopic (exact) mass is 293 g/mol. The van der Waals surface area contributed by atoms with Crippen molar-refractivity contribution in [2.24, 2.45) is 0 Å². The summed E-state index contributed by atoms with van der Waals surface area (Å²) in [5, 5.41) is 2.55. The number of nitrogens with two attached hydrogens (primary N) is 1. The Morgan fingerprint density at radius 3 is 2.55 bits per heavy atom. The van der Waals surface area contributed by atoms with Gasteiger partial charge in [0.15, 0.2) is 22.5 Å². The number of hydrogen-bond donors (Lipinski definition) is 2. The van der Waals surface area contributed by atoms with Gasteiger partial charge >= 0.3 is 0 Å². The SMILES string of the molecule is CN(C)c1nc(N)c(C(=O)Nc2ncccn2)nc1Cl. The molecular formula is C11H12ClN7O. The Morgan fingerprint density at radius 2 is 1.95 bits per heavy atom. The Balaban J connectivity index is 2.29. The minimum atomic E-state index is -0.576. The van der Waals surface area contributed by atoms with Crippen molar-refractivity contribution in [1.82, 2.24) is 19.9 Å². The number of nitrogen functional groups attached to an aromatic ring is 1. The highest BCUT2D eigenvalue weighted by atomic mass is 35.5. The first-order chi connectivity index (χ1) is 9.49. The Morgan fingerprint density at radius 1 is 1.30 bits per heavy atom. The van der Waals surface area contributed by atoms with Gasteiger partial charge in [-0.25, -0.2) is 19.9 Å². The van der Waals surface area contributed by atoms with Gasteiger partial charge < -0.3 is 10.6 Å². The predicted octanol–water partition coefficient (Wildman–Crippen LogP) is 0.820. The van der Waals surface area contributed by atoms with Crippen molar-refractivity contribution in [3.05, 3.63) is 29.3 Å². The molecule has 0 bridgehead atoms. The number of anilines is 3.